The molecule has 1 aromatic heterocycles. The number of carbonyl (C=O) groups is 1. The van der Waals surface area contributed by atoms with E-state index in [0.29, 0.717) is 24.8 Å². The van der Waals surface area contributed by atoms with Crippen LogP contribution in [0.1, 0.15) is 46.1 Å². The number of aromatic carboxylic acids is 1. The van der Waals surface area contributed by atoms with E-state index >= 15 is 0 Å². The van der Waals surface area contributed by atoms with Gasteiger partial charge in [0.2, 0.25) is 11.7 Å². The molecular weight excluding hydrogens is 258 g/mol. The SMILES string of the molecule is O=C(O)c1oc(-c2ccc3c(c2)COC3)nc1C1CC1. The Labute approximate surface area is 115 Å². The number of carboxylic acid groups (broad SMARTS) is 1. The first-order chi connectivity index (χ1) is 9.72. The van der Waals surface area contributed by atoms with E-state index in [1.807, 2.05) is 18.2 Å². The highest BCUT2D eigenvalue weighted by Gasteiger charge is 2.33. The number of benzene rings is 1. The molecule has 0 spiro atoms. The van der Waals surface area contributed by atoms with Gasteiger partial charge < -0.3 is 14.3 Å². The average molecular weight is 271 g/mol. The molecule has 0 radical (unpaired) electrons. The van der Waals surface area contributed by atoms with Gasteiger partial charge in [-0.05, 0) is 36.1 Å². The highest BCUT2D eigenvalue weighted by Crippen LogP contribution is 2.42. The van der Waals surface area contributed by atoms with Gasteiger partial charge in [0.15, 0.2) is 0 Å². The van der Waals surface area contributed by atoms with Crippen molar-refractivity contribution in [3.8, 4) is 11.5 Å². The monoisotopic (exact) mass is 271 g/mol. The maximum absolute atomic E-state index is 11.2. The second-order valence-electron chi connectivity index (χ2n) is 5.29. The Morgan fingerprint density at radius 3 is 2.80 bits per heavy atom. The van der Waals surface area contributed by atoms with Gasteiger partial charge in [-0.15, -0.1) is 0 Å². The lowest BCUT2D eigenvalue weighted by Crippen LogP contribution is -1.98. The standard InChI is InChI=1S/C15H13NO4/c17-15(18)13-12(8-1-2-8)16-14(20-13)9-3-4-10-6-19-7-11(10)5-9/h3-5,8H,1-2,6-7H2,(H,17,18). The van der Waals surface area contributed by atoms with Crippen LogP contribution in [0, 0.1) is 0 Å². The van der Waals surface area contributed by atoms with Gasteiger partial charge >= 0.3 is 5.97 Å². The van der Waals surface area contributed by atoms with Crippen LogP contribution in [0.4, 0.5) is 0 Å². The minimum atomic E-state index is -1.05. The molecule has 2 aliphatic rings. The highest BCUT2D eigenvalue weighted by molar-refractivity contribution is 5.86. The summed E-state index contributed by atoms with van der Waals surface area (Å²) in [6.07, 6.45) is 1.98. The van der Waals surface area contributed by atoms with Gasteiger partial charge in [0.25, 0.3) is 0 Å². The van der Waals surface area contributed by atoms with Crippen molar-refractivity contribution < 1.29 is 19.1 Å². The molecule has 5 nitrogen and oxygen atoms in total. The van der Waals surface area contributed by atoms with Crippen LogP contribution in [0.2, 0.25) is 0 Å². The van der Waals surface area contributed by atoms with E-state index in [1.54, 1.807) is 0 Å². The topological polar surface area (TPSA) is 72.6 Å². The average Bonchev–Trinajstić information content (AvgIpc) is 3.02. The third kappa shape index (κ3) is 1.82. The molecule has 0 amide bonds. The molecule has 0 unspecified atom stereocenters. The number of ether oxygens (including phenoxy) is 1. The smallest absolute Gasteiger partial charge is 0.373 e. The fourth-order valence-electron chi connectivity index (χ4n) is 2.55. The predicted molar refractivity (Wildman–Crippen MR) is 69.4 cm³/mol. The summed E-state index contributed by atoms with van der Waals surface area (Å²) in [5, 5.41) is 9.20. The molecule has 1 aromatic carbocycles. The van der Waals surface area contributed by atoms with Gasteiger partial charge in [-0.3, -0.25) is 0 Å². The van der Waals surface area contributed by atoms with Crippen LogP contribution in [0.5, 0.6) is 0 Å². The van der Waals surface area contributed by atoms with Crippen molar-refractivity contribution in [3.63, 3.8) is 0 Å². The molecule has 1 fully saturated rings. The summed E-state index contributed by atoms with van der Waals surface area (Å²) in [6.45, 7) is 1.22. The molecule has 2 heterocycles. The van der Waals surface area contributed by atoms with Crippen LogP contribution in [-0.2, 0) is 18.0 Å². The lowest BCUT2D eigenvalue weighted by Gasteiger charge is -1.99. The van der Waals surface area contributed by atoms with E-state index in [-0.39, 0.29) is 11.7 Å². The first-order valence-corrected chi connectivity index (χ1v) is 6.66. The largest absolute Gasteiger partial charge is 0.475 e. The Morgan fingerprint density at radius 2 is 2.05 bits per heavy atom. The number of nitrogens with zero attached hydrogens (tertiary/aromatic N) is 1. The molecule has 0 saturated heterocycles. The van der Waals surface area contributed by atoms with Crippen LogP contribution in [0.3, 0.4) is 0 Å². The molecule has 0 atom stereocenters. The Hall–Kier alpha value is -2.14. The van der Waals surface area contributed by atoms with Gasteiger partial charge in [0.1, 0.15) is 0 Å². The molecule has 1 aliphatic carbocycles. The molecule has 1 aliphatic heterocycles. The normalized spacial score (nSPS) is 17.2. The molecule has 20 heavy (non-hydrogen) atoms. The van der Waals surface area contributed by atoms with Crippen LogP contribution < -0.4 is 0 Å². The summed E-state index contributed by atoms with van der Waals surface area (Å²) in [6, 6.07) is 5.86. The van der Waals surface area contributed by atoms with Crippen molar-refractivity contribution >= 4 is 5.97 Å². The zero-order valence-electron chi connectivity index (χ0n) is 10.8. The van der Waals surface area contributed by atoms with E-state index in [0.717, 1.165) is 24.0 Å². The second-order valence-corrected chi connectivity index (χ2v) is 5.29. The Kier molecular flexibility index (Phi) is 2.44. The first-order valence-electron chi connectivity index (χ1n) is 6.66. The summed E-state index contributed by atoms with van der Waals surface area (Å²) in [7, 11) is 0. The van der Waals surface area contributed by atoms with E-state index in [4.69, 9.17) is 9.15 Å². The quantitative estimate of drug-likeness (QED) is 0.929. The molecule has 102 valence electrons. The highest BCUT2D eigenvalue weighted by atomic mass is 16.5. The number of rotatable bonds is 3. The lowest BCUT2D eigenvalue weighted by molar-refractivity contribution is 0.0661. The zero-order valence-corrected chi connectivity index (χ0v) is 10.8. The molecular formula is C15H13NO4. The zero-order chi connectivity index (χ0) is 13.7. The Bertz CT molecular complexity index is 700. The molecule has 4 rings (SSSR count). The van der Waals surface area contributed by atoms with Gasteiger partial charge in [-0.25, -0.2) is 9.78 Å². The third-order valence-corrected chi connectivity index (χ3v) is 3.78. The summed E-state index contributed by atoms with van der Waals surface area (Å²) < 4.78 is 10.8. The number of fused-ring (bicyclic) bond motifs is 1. The lowest BCUT2D eigenvalue weighted by atomic mass is 10.1. The minimum absolute atomic E-state index is 0.0146. The molecule has 1 saturated carbocycles. The van der Waals surface area contributed by atoms with Gasteiger partial charge in [0, 0.05) is 11.5 Å². The van der Waals surface area contributed by atoms with E-state index < -0.39 is 5.97 Å². The van der Waals surface area contributed by atoms with E-state index in [1.165, 1.54) is 5.56 Å². The fourth-order valence-corrected chi connectivity index (χ4v) is 2.55. The number of hydrogen-bond acceptors (Lipinski definition) is 4. The number of oxazole rings is 1. The van der Waals surface area contributed by atoms with Crippen molar-refractivity contribution in [1.29, 1.82) is 0 Å². The molecule has 1 N–H and O–H groups in total. The van der Waals surface area contributed by atoms with E-state index in [2.05, 4.69) is 4.98 Å². The van der Waals surface area contributed by atoms with E-state index in [9.17, 15) is 9.90 Å². The fraction of sp³-hybridized carbons (Fsp3) is 0.333. The van der Waals surface area contributed by atoms with Crippen LogP contribution in [0.25, 0.3) is 11.5 Å². The summed E-state index contributed by atoms with van der Waals surface area (Å²) in [5.74, 6) is -0.426. The van der Waals surface area contributed by atoms with Crippen molar-refractivity contribution in [2.24, 2.45) is 0 Å². The maximum Gasteiger partial charge on any atom is 0.373 e. The Morgan fingerprint density at radius 1 is 1.25 bits per heavy atom. The molecule has 0 bridgehead atoms. The van der Waals surface area contributed by atoms with Crippen molar-refractivity contribution in [1.82, 2.24) is 4.98 Å². The predicted octanol–water partition coefficient (Wildman–Crippen LogP) is 2.95. The van der Waals surface area contributed by atoms with Crippen molar-refractivity contribution in [2.75, 3.05) is 0 Å². The van der Waals surface area contributed by atoms with Crippen LogP contribution in [-0.4, -0.2) is 16.1 Å². The Balaban J connectivity index is 1.78. The summed E-state index contributed by atoms with van der Waals surface area (Å²) in [4.78, 5) is 15.6. The van der Waals surface area contributed by atoms with Gasteiger partial charge in [-0.2, -0.15) is 0 Å². The first kappa shape index (κ1) is 11.7. The maximum atomic E-state index is 11.2. The number of aromatic nitrogens is 1. The van der Waals surface area contributed by atoms with Crippen molar-refractivity contribution in [2.45, 2.75) is 32.0 Å². The second kappa shape index (κ2) is 4.18. The summed E-state index contributed by atoms with van der Waals surface area (Å²) in [5.41, 5.74) is 3.68. The van der Waals surface area contributed by atoms with Gasteiger partial charge in [-0.1, -0.05) is 6.07 Å². The summed E-state index contributed by atoms with van der Waals surface area (Å²) >= 11 is 0. The minimum Gasteiger partial charge on any atom is -0.475 e. The third-order valence-electron chi connectivity index (χ3n) is 3.78. The van der Waals surface area contributed by atoms with Crippen LogP contribution in [0.15, 0.2) is 22.6 Å². The van der Waals surface area contributed by atoms with Gasteiger partial charge in [0.05, 0.1) is 18.9 Å². The van der Waals surface area contributed by atoms with Crippen molar-refractivity contribution in [3.05, 3.63) is 40.8 Å². The van der Waals surface area contributed by atoms with Crippen LogP contribution >= 0.6 is 0 Å². The molecule has 5 heteroatoms. The number of hydrogen-bond donors (Lipinski definition) is 1. The molecule has 2 aromatic rings. The number of carboxylic acids is 1.